The van der Waals surface area contributed by atoms with Gasteiger partial charge in [0, 0.05) is 29.4 Å². The summed E-state index contributed by atoms with van der Waals surface area (Å²) in [6.07, 6.45) is -0.534. The number of amides is 3. The summed E-state index contributed by atoms with van der Waals surface area (Å²) in [6, 6.07) is 13.9. The van der Waals surface area contributed by atoms with Gasteiger partial charge in [-0.3, -0.25) is 5.32 Å². The molecule has 8 nitrogen and oxygen atoms in total. The van der Waals surface area contributed by atoms with E-state index in [1.807, 2.05) is 11.4 Å². The van der Waals surface area contributed by atoms with Crippen molar-refractivity contribution < 1.29 is 19.1 Å². The van der Waals surface area contributed by atoms with Crippen molar-refractivity contribution in [3.05, 3.63) is 70.7 Å². The summed E-state index contributed by atoms with van der Waals surface area (Å²) in [4.78, 5) is 27.5. The molecule has 3 amide bonds. The Morgan fingerprint density at radius 1 is 1.07 bits per heavy atom. The molecule has 0 aliphatic heterocycles. The predicted molar refractivity (Wildman–Crippen MR) is 111 cm³/mol. The van der Waals surface area contributed by atoms with E-state index in [0.717, 1.165) is 11.3 Å². The maximum Gasteiger partial charge on any atom is 0.411 e. The lowest BCUT2D eigenvalue weighted by atomic mass is 10.2. The molecule has 3 N–H and O–H groups in total. The summed E-state index contributed by atoms with van der Waals surface area (Å²) in [7, 11) is 1.30. The average Bonchev–Trinajstić information content (AvgIpc) is 3.26. The van der Waals surface area contributed by atoms with E-state index in [2.05, 4.69) is 25.7 Å². The lowest BCUT2D eigenvalue weighted by Gasteiger charge is -2.10. The topological polar surface area (TPSA) is 102 Å². The molecule has 0 saturated carbocycles. The first-order valence-corrected chi connectivity index (χ1v) is 9.65. The molecule has 1 heterocycles. The van der Waals surface area contributed by atoms with Gasteiger partial charge in [-0.25, -0.2) is 14.6 Å². The van der Waals surface area contributed by atoms with Crippen molar-refractivity contribution >= 4 is 34.8 Å². The highest BCUT2D eigenvalue weighted by atomic mass is 32.1. The number of thiazole rings is 1. The molecule has 0 radical (unpaired) electrons. The van der Waals surface area contributed by atoms with Crippen LogP contribution in [0.4, 0.5) is 21.0 Å². The second-order valence-corrected chi connectivity index (χ2v) is 6.64. The lowest BCUT2D eigenvalue weighted by Crippen LogP contribution is -2.28. The Hall–Kier alpha value is -3.59. The van der Waals surface area contributed by atoms with Crippen molar-refractivity contribution in [1.29, 1.82) is 0 Å². The molecule has 3 aromatic rings. The quantitative estimate of drug-likeness (QED) is 0.539. The molecule has 0 saturated heterocycles. The van der Waals surface area contributed by atoms with Crippen LogP contribution >= 0.6 is 11.3 Å². The Balaban J connectivity index is 1.46. The summed E-state index contributed by atoms with van der Waals surface area (Å²) in [6.45, 7) is 0.713. The Morgan fingerprint density at radius 3 is 2.62 bits per heavy atom. The number of aromatic nitrogens is 1. The normalized spacial score (nSPS) is 10.1. The van der Waals surface area contributed by atoms with Crippen molar-refractivity contribution in [3.8, 4) is 5.75 Å². The van der Waals surface area contributed by atoms with Gasteiger partial charge < -0.3 is 20.1 Å². The molecule has 150 valence electrons. The third kappa shape index (κ3) is 6.51. The van der Waals surface area contributed by atoms with E-state index in [-0.39, 0.29) is 6.03 Å². The molecule has 3 rings (SSSR count). The summed E-state index contributed by atoms with van der Waals surface area (Å²) in [5.41, 5.74) is 4.73. The highest BCUT2D eigenvalue weighted by molar-refractivity contribution is 7.07. The zero-order chi connectivity index (χ0) is 20.5. The molecule has 0 fully saturated rings. The number of benzene rings is 2. The first-order valence-electron chi connectivity index (χ1n) is 8.71. The molecule has 1 aromatic heterocycles. The van der Waals surface area contributed by atoms with Crippen LogP contribution in [-0.2, 0) is 17.9 Å². The number of nitrogens with one attached hydrogen (secondary N) is 3. The van der Waals surface area contributed by atoms with E-state index >= 15 is 0 Å². The number of carbonyl (C=O) groups is 2. The van der Waals surface area contributed by atoms with Gasteiger partial charge >= 0.3 is 12.1 Å². The van der Waals surface area contributed by atoms with Gasteiger partial charge in [0.25, 0.3) is 0 Å². The molecule has 29 heavy (non-hydrogen) atoms. The van der Waals surface area contributed by atoms with Crippen LogP contribution in [0.25, 0.3) is 0 Å². The van der Waals surface area contributed by atoms with Gasteiger partial charge in [-0.05, 0) is 29.8 Å². The summed E-state index contributed by atoms with van der Waals surface area (Å²) in [5.74, 6) is 0.643. The number of ether oxygens (including phenoxy) is 2. The smallest absolute Gasteiger partial charge is 0.411 e. The van der Waals surface area contributed by atoms with Crippen LogP contribution in [0.2, 0.25) is 0 Å². The van der Waals surface area contributed by atoms with Gasteiger partial charge in [0.15, 0.2) is 0 Å². The fourth-order valence-electron chi connectivity index (χ4n) is 2.36. The summed E-state index contributed by atoms with van der Waals surface area (Å²) < 4.78 is 10.2. The van der Waals surface area contributed by atoms with Crippen LogP contribution in [0.3, 0.4) is 0 Å². The average molecular weight is 412 g/mol. The van der Waals surface area contributed by atoms with Crippen LogP contribution in [0.1, 0.15) is 11.3 Å². The zero-order valence-corrected chi connectivity index (χ0v) is 16.5. The van der Waals surface area contributed by atoms with Crippen LogP contribution in [0.5, 0.6) is 5.75 Å². The molecule has 0 atom stereocenters. The van der Waals surface area contributed by atoms with Gasteiger partial charge in [0.1, 0.15) is 12.4 Å². The zero-order valence-electron chi connectivity index (χ0n) is 15.7. The highest BCUT2D eigenvalue weighted by Gasteiger charge is 2.05. The number of anilines is 2. The minimum absolute atomic E-state index is 0.335. The second-order valence-electron chi connectivity index (χ2n) is 5.92. The Kier molecular flexibility index (Phi) is 7.01. The van der Waals surface area contributed by atoms with Gasteiger partial charge in [0.05, 0.1) is 18.3 Å². The van der Waals surface area contributed by atoms with Crippen molar-refractivity contribution in [2.45, 2.75) is 13.2 Å². The monoisotopic (exact) mass is 412 g/mol. The molecular formula is C20H20N4O4S. The van der Waals surface area contributed by atoms with Crippen molar-refractivity contribution in [2.75, 3.05) is 17.7 Å². The molecule has 2 aromatic carbocycles. The molecule has 0 aliphatic carbocycles. The van der Waals surface area contributed by atoms with E-state index in [1.165, 1.54) is 18.4 Å². The maximum atomic E-state index is 12.1. The van der Waals surface area contributed by atoms with E-state index in [1.54, 1.807) is 48.0 Å². The summed E-state index contributed by atoms with van der Waals surface area (Å²) in [5, 5.41) is 10.0. The minimum atomic E-state index is -0.534. The van der Waals surface area contributed by atoms with Crippen molar-refractivity contribution in [3.63, 3.8) is 0 Å². The third-order valence-corrected chi connectivity index (χ3v) is 4.44. The van der Waals surface area contributed by atoms with Gasteiger partial charge in [-0.1, -0.05) is 18.2 Å². The Morgan fingerprint density at radius 2 is 1.90 bits per heavy atom. The minimum Gasteiger partial charge on any atom is -0.487 e. The van der Waals surface area contributed by atoms with Crippen LogP contribution in [0, 0.1) is 0 Å². The number of nitrogens with zero attached hydrogens (tertiary/aromatic N) is 1. The van der Waals surface area contributed by atoms with Gasteiger partial charge in [0.2, 0.25) is 0 Å². The fourth-order valence-corrected chi connectivity index (χ4v) is 2.91. The highest BCUT2D eigenvalue weighted by Crippen LogP contribution is 2.18. The van der Waals surface area contributed by atoms with E-state index in [0.29, 0.717) is 30.3 Å². The number of methoxy groups -OCH3 is 1. The third-order valence-electron chi connectivity index (χ3n) is 3.80. The van der Waals surface area contributed by atoms with Gasteiger partial charge in [-0.2, -0.15) is 0 Å². The lowest BCUT2D eigenvalue weighted by molar-refractivity contribution is 0.187. The maximum absolute atomic E-state index is 12.1. The van der Waals surface area contributed by atoms with Crippen LogP contribution in [-0.4, -0.2) is 24.2 Å². The first-order chi connectivity index (χ1) is 14.1. The van der Waals surface area contributed by atoms with Crippen molar-refractivity contribution in [2.24, 2.45) is 0 Å². The number of hydrogen-bond acceptors (Lipinski definition) is 6. The molecule has 0 bridgehead atoms. The molecule has 9 heteroatoms. The number of rotatable bonds is 7. The Labute approximate surface area is 171 Å². The van der Waals surface area contributed by atoms with E-state index < -0.39 is 6.09 Å². The number of urea groups is 1. The molecule has 0 unspecified atom stereocenters. The largest absolute Gasteiger partial charge is 0.487 e. The van der Waals surface area contributed by atoms with Crippen molar-refractivity contribution in [1.82, 2.24) is 10.3 Å². The number of hydrogen-bond donors (Lipinski definition) is 3. The van der Waals surface area contributed by atoms with Gasteiger partial charge in [-0.15, -0.1) is 11.3 Å². The van der Waals surface area contributed by atoms with E-state index in [9.17, 15) is 9.59 Å². The standard InChI is InChI=1S/C20H20N4O4S/c1-27-20(26)24-15-7-5-14(6-8-15)10-21-19(25)23-16-3-2-4-18(9-16)28-11-17-12-29-13-22-17/h2-9,12-13H,10-11H2,1H3,(H,24,26)(H2,21,23,25). The molecule has 0 aliphatic rings. The molecular weight excluding hydrogens is 392 g/mol. The predicted octanol–water partition coefficient (Wildman–Crippen LogP) is 4.22. The van der Waals surface area contributed by atoms with E-state index in [4.69, 9.17) is 4.74 Å². The fraction of sp³-hybridized carbons (Fsp3) is 0.150. The SMILES string of the molecule is COC(=O)Nc1ccc(CNC(=O)Nc2cccc(OCc3cscn3)c2)cc1. The second kappa shape index (κ2) is 10.1. The van der Waals surface area contributed by atoms with Crippen LogP contribution in [0.15, 0.2) is 59.4 Å². The summed E-state index contributed by atoms with van der Waals surface area (Å²) >= 11 is 1.51. The first kappa shape index (κ1) is 20.2. The Bertz CT molecular complexity index is 945. The van der Waals surface area contributed by atoms with Crippen LogP contribution < -0.4 is 20.7 Å². The molecule has 0 spiro atoms. The number of carbonyl (C=O) groups excluding carboxylic acids is 2.